The molecule has 0 spiro atoms. The first-order valence-corrected chi connectivity index (χ1v) is 6.95. The van der Waals surface area contributed by atoms with Gasteiger partial charge in [0, 0.05) is 17.0 Å². The molecule has 1 aromatic carbocycles. The van der Waals surface area contributed by atoms with Crippen molar-refractivity contribution in [3.63, 3.8) is 0 Å². The molecule has 20 heavy (non-hydrogen) atoms. The van der Waals surface area contributed by atoms with Crippen LogP contribution in [-0.2, 0) is 11.3 Å². The lowest BCUT2D eigenvalue weighted by atomic mass is 10.2. The van der Waals surface area contributed by atoms with Crippen LogP contribution in [0.5, 0.6) is 0 Å². The molecular formula is C12H7Cl2NO4S. The number of thiophene rings is 1. The maximum Gasteiger partial charge on any atom is 0.340 e. The van der Waals surface area contributed by atoms with Crippen molar-refractivity contribution in [2.45, 2.75) is 6.61 Å². The summed E-state index contributed by atoms with van der Waals surface area (Å²) in [4.78, 5) is 22.8. The zero-order valence-electron chi connectivity index (χ0n) is 9.84. The lowest BCUT2D eigenvalue weighted by Crippen LogP contribution is -2.06. The number of ether oxygens (including phenoxy) is 1. The van der Waals surface area contributed by atoms with Gasteiger partial charge in [-0.1, -0.05) is 29.3 Å². The van der Waals surface area contributed by atoms with Crippen LogP contribution in [0.15, 0.2) is 29.6 Å². The molecule has 0 bridgehead atoms. The third-order valence-corrected chi connectivity index (χ3v) is 4.02. The highest BCUT2D eigenvalue weighted by molar-refractivity contribution is 7.09. The number of nitrogens with zero attached hydrogens (tertiary/aromatic N) is 1. The van der Waals surface area contributed by atoms with Gasteiger partial charge in [-0.3, -0.25) is 10.1 Å². The summed E-state index contributed by atoms with van der Waals surface area (Å²) in [7, 11) is 0. The number of carbonyl (C=O) groups excluding carboxylic acids is 1. The Labute approximate surface area is 127 Å². The normalized spacial score (nSPS) is 10.3. The number of carbonyl (C=O) groups is 1. The molecule has 0 aliphatic carbocycles. The Morgan fingerprint density at radius 1 is 1.40 bits per heavy atom. The highest BCUT2D eigenvalue weighted by Crippen LogP contribution is 2.31. The number of nitro benzene ring substituents is 1. The molecule has 0 saturated heterocycles. The van der Waals surface area contributed by atoms with Crippen molar-refractivity contribution in [3.05, 3.63) is 60.2 Å². The third kappa shape index (κ3) is 3.27. The van der Waals surface area contributed by atoms with Crippen LogP contribution < -0.4 is 0 Å². The van der Waals surface area contributed by atoms with Crippen LogP contribution in [0.1, 0.15) is 15.2 Å². The van der Waals surface area contributed by atoms with Gasteiger partial charge in [0.1, 0.15) is 6.61 Å². The Morgan fingerprint density at radius 3 is 2.75 bits per heavy atom. The van der Waals surface area contributed by atoms with E-state index in [-0.39, 0.29) is 27.9 Å². The van der Waals surface area contributed by atoms with Crippen molar-refractivity contribution in [2.24, 2.45) is 0 Å². The molecule has 8 heteroatoms. The van der Waals surface area contributed by atoms with Gasteiger partial charge >= 0.3 is 5.97 Å². The summed E-state index contributed by atoms with van der Waals surface area (Å²) < 4.78 is 5.05. The average molecular weight is 332 g/mol. The molecule has 0 N–H and O–H groups in total. The molecule has 0 fully saturated rings. The second kappa shape index (κ2) is 6.21. The first kappa shape index (κ1) is 14.8. The third-order valence-electron chi connectivity index (χ3n) is 2.37. The van der Waals surface area contributed by atoms with Gasteiger partial charge in [-0.2, -0.15) is 0 Å². The molecule has 2 rings (SSSR count). The zero-order valence-corrected chi connectivity index (χ0v) is 12.2. The number of rotatable bonds is 4. The molecule has 104 valence electrons. The standard InChI is InChI=1S/C12H7Cl2NO4S/c13-10-5-7(15(17)18)4-9(11(10)14)12(16)19-6-8-2-1-3-20-8/h1-5H,6H2. The lowest BCUT2D eigenvalue weighted by molar-refractivity contribution is -0.384. The lowest BCUT2D eigenvalue weighted by Gasteiger charge is -2.06. The van der Waals surface area contributed by atoms with Gasteiger partial charge in [-0.25, -0.2) is 4.79 Å². The monoisotopic (exact) mass is 331 g/mol. The van der Waals surface area contributed by atoms with Gasteiger partial charge < -0.3 is 4.74 Å². The average Bonchev–Trinajstić information content (AvgIpc) is 2.92. The van der Waals surface area contributed by atoms with Crippen molar-refractivity contribution in [1.82, 2.24) is 0 Å². The molecular weight excluding hydrogens is 325 g/mol. The van der Waals surface area contributed by atoms with E-state index in [1.807, 2.05) is 11.4 Å². The molecule has 1 heterocycles. The van der Waals surface area contributed by atoms with Gasteiger partial charge in [0.25, 0.3) is 5.69 Å². The van der Waals surface area contributed by atoms with Crippen molar-refractivity contribution < 1.29 is 14.5 Å². The molecule has 0 atom stereocenters. The van der Waals surface area contributed by atoms with E-state index in [0.29, 0.717) is 0 Å². The molecule has 1 aromatic heterocycles. The van der Waals surface area contributed by atoms with Crippen LogP contribution >= 0.6 is 34.5 Å². The molecule has 2 aromatic rings. The number of halogens is 2. The van der Waals surface area contributed by atoms with E-state index in [2.05, 4.69) is 0 Å². The number of nitro groups is 1. The Kier molecular flexibility index (Phi) is 4.59. The first-order valence-electron chi connectivity index (χ1n) is 5.32. The second-order valence-electron chi connectivity index (χ2n) is 3.70. The van der Waals surface area contributed by atoms with E-state index < -0.39 is 10.9 Å². The van der Waals surface area contributed by atoms with Gasteiger partial charge in [0.05, 0.1) is 20.5 Å². The van der Waals surface area contributed by atoms with Crippen LogP contribution in [0.25, 0.3) is 0 Å². The van der Waals surface area contributed by atoms with Gasteiger partial charge in [-0.15, -0.1) is 11.3 Å². The van der Waals surface area contributed by atoms with Crippen molar-refractivity contribution in [3.8, 4) is 0 Å². The molecule has 0 unspecified atom stereocenters. The molecule has 0 radical (unpaired) electrons. The largest absolute Gasteiger partial charge is 0.456 e. The minimum Gasteiger partial charge on any atom is -0.456 e. The summed E-state index contributed by atoms with van der Waals surface area (Å²) in [5.74, 6) is -0.756. The fourth-order valence-electron chi connectivity index (χ4n) is 1.44. The van der Waals surface area contributed by atoms with Crippen molar-refractivity contribution in [1.29, 1.82) is 0 Å². The summed E-state index contributed by atoms with van der Waals surface area (Å²) in [5.41, 5.74) is -0.440. The van der Waals surface area contributed by atoms with Crippen molar-refractivity contribution in [2.75, 3.05) is 0 Å². The predicted molar refractivity (Wildman–Crippen MR) is 76.6 cm³/mol. The Bertz CT molecular complexity index is 658. The van der Waals surface area contributed by atoms with E-state index in [4.69, 9.17) is 27.9 Å². The zero-order chi connectivity index (χ0) is 14.7. The SMILES string of the molecule is O=C(OCc1cccs1)c1cc([N+](=O)[O-])cc(Cl)c1Cl. The first-order chi connectivity index (χ1) is 9.49. The van der Waals surface area contributed by atoms with Crippen LogP contribution in [0, 0.1) is 10.1 Å². The van der Waals surface area contributed by atoms with Crippen LogP contribution in [0.2, 0.25) is 10.0 Å². The molecule has 0 aliphatic heterocycles. The highest BCUT2D eigenvalue weighted by atomic mass is 35.5. The van der Waals surface area contributed by atoms with E-state index in [9.17, 15) is 14.9 Å². The summed E-state index contributed by atoms with van der Waals surface area (Å²) in [6.07, 6.45) is 0. The quantitative estimate of drug-likeness (QED) is 0.475. The number of hydrogen-bond acceptors (Lipinski definition) is 5. The fourth-order valence-corrected chi connectivity index (χ4v) is 2.45. The predicted octanol–water partition coefficient (Wildman–Crippen LogP) is 4.32. The van der Waals surface area contributed by atoms with Crippen LogP contribution in [0.3, 0.4) is 0 Å². The van der Waals surface area contributed by atoms with E-state index in [0.717, 1.165) is 17.0 Å². The molecule has 0 aliphatic rings. The Hall–Kier alpha value is -1.63. The smallest absolute Gasteiger partial charge is 0.340 e. The van der Waals surface area contributed by atoms with Gasteiger partial charge in [-0.05, 0) is 11.4 Å². The summed E-state index contributed by atoms with van der Waals surface area (Å²) in [6, 6.07) is 5.76. The Balaban J connectivity index is 2.22. The van der Waals surface area contributed by atoms with Gasteiger partial charge in [0.15, 0.2) is 0 Å². The minimum absolute atomic E-state index is 0.0616. The summed E-state index contributed by atoms with van der Waals surface area (Å²) in [6.45, 7) is 0.0765. The van der Waals surface area contributed by atoms with Crippen LogP contribution in [-0.4, -0.2) is 10.9 Å². The van der Waals surface area contributed by atoms with Gasteiger partial charge in [0.2, 0.25) is 0 Å². The van der Waals surface area contributed by atoms with E-state index in [1.165, 1.54) is 11.3 Å². The highest BCUT2D eigenvalue weighted by Gasteiger charge is 2.20. The number of non-ortho nitro benzene ring substituents is 1. The topological polar surface area (TPSA) is 69.4 Å². The Morgan fingerprint density at radius 2 is 2.15 bits per heavy atom. The molecule has 0 amide bonds. The number of esters is 1. The minimum atomic E-state index is -0.756. The molecule has 0 saturated carbocycles. The number of hydrogen-bond donors (Lipinski definition) is 0. The summed E-state index contributed by atoms with van der Waals surface area (Å²) >= 11 is 13.1. The maximum absolute atomic E-state index is 11.9. The van der Waals surface area contributed by atoms with E-state index in [1.54, 1.807) is 6.07 Å². The summed E-state index contributed by atoms with van der Waals surface area (Å²) in [5, 5.41) is 12.5. The van der Waals surface area contributed by atoms with E-state index >= 15 is 0 Å². The molecule has 5 nitrogen and oxygen atoms in total. The fraction of sp³-hybridized carbons (Fsp3) is 0.0833. The maximum atomic E-state index is 11.9. The van der Waals surface area contributed by atoms with Crippen molar-refractivity contribution >= 4 is 46.2 Å². The van der Waals surface area contributed by atoms with Crippen LogP contribution in [0.4, 0.5) is 5.69 Å². The second-order valence-corrected chi connectivity index (χ2v) is 5.52. The number of benzene rings is 1.